The Hall–Kier alpha value is -1.19. The molecule has 0 spiro atoms. The second-order valence-corrected chi connectivity index (χ2v) is 2.57. The summed E-state index contributed by atoms with van der Waals surface area (Å²) in [7, 11) is 0. The Kier molecular flexibility index (Phi) is 2.00. The van der Waals surface area contributed by atoms with E-state index in [1.807, 2.05) is 0 Å². The van der Waals surface area contributed by atoms with Gasteiger partial charge in [0, 0.05) is 5.69 Å². The molecule has 0 saturated heterocycles. The average Bonchev–Trinajstić information content (AvgIpc) is 1.83. The van der Waals surface area contributed by atoms with Crippen LogP contribution in [-0.2, 0) is 6.18 Å². The molecule has 0 aliphatic rings. The normalized spacial score (nSPS) is 11.7. The van der Waals surface area contributed by atoms with Crippen molar-refractivity contribution in [1.29, 1.82) is 0 Å². The number of alkyl halides is 3. The van der Waals surface area contributed by atoms with Gasteiger partial charge in [-0.15, -0.1) is 0 Å². The van der Waals surface area contributed by atoms with Gasteiger partial charge in [0.2, 0.25) is 0 Å². The van der Waals surface area contributed by atoms with E-state index in [4.69, 9.17) is 5.73 Å². The van der Waals surface area contributed by atoms with E-state index in [0.717, 1.165) is 6.07 Å². The van der Waals surface area contributed by atoms with Gasteiger partial charge in [-0.25, -0.2) is 0 Å². The summed E-state index contributed by atoms with van der Waals surface area (Å²) in [5, 5.41) is 0. The molecular weight excluding hydrogens is 167 g/mol. The van der Waals surface area contributed by atoms with Crippen LogP contribution in [-0.4, -0.2) is 0 Å². The van der Waals surface area contributed by atoms with E-state index in [-0.39, 0.29) is 5.56 Å². The first kappa shape index (κ1) is 8.90. The lowest BCUT2D eigenvalue weighted by Gasteiger charge is -2.09. The molecule has 1 rings (SSSR count). The largest absolute Gasteiger partial charge is 0.416 e. The first-order valence-electron chi connectivity index (χ1n) is 3.34. The molecule has 4 heteroatoms. The zero-order valence-corrected chi connectivity index (χ0v) is 6.44. The van der Waals surface area contributed by atoms with Crippen molar-refractivity contribution in [3.63, 3.8) is 0 Å². The highest BCUT2D eigenvalue weighted by Crippen LogP contribution is 2.32. The van der Waals surface area contributed by atoms with E-state index in [2.05, 4.69) is 0 Å². The number of nitrogens with two attached hydrogens (primary N) is 1. The molecule has 0 aliphatic heterocycles. The van der Waals surface area contributed by atoms with Gasteiger partial charge in [-0.05, 0) is 30.7 Å². The fraction of sp³-hybridized carbons (Fsp3) is 0.250. The van der Waals surface area contributed by atoms with Crippen molar-refractivity contribution in [3.05, 3.63) is 29.3 Å². The average molecular weight is 175 g/mol. The summed E-state index contributed by atoms with van der Waals surface area (Å²) < 4.78 is 36.4. The minimum absolute atomic E-state index is 0.155. The summed E-state index contributed by atoms with van der Waals surface area (Å²) in [6, 6.07) is 3.54. The van der Waals surface area contributed by atoms with E-state index < -0.39 is 11.7 Å². The highest BCUT2D eigenvalue weighted by atomic mass is 19.4. The number of hydrogen-bond donors (Lipinski definition) is 1. The molecule has 0 aromatic heterocycles. The molecule has 66 valence electrons. The van der Waals surface area contributed by atoms with Crippen LogP contribution in [0.1, 0.15) is 11.1 Å². The summed E-state index contributed by atoms with van der Waals surface area (Å²) >= 11 is 0. The summed E-state index contributed by atoms with van der Waals surface area (Å²) in [5.41, 5.74) is 5.18. The van der Waals surface area contributed by atoms with Crippen molar-refractivity contribution in [2.24, 2.45) is 0 Å². The minimum atomic E-state index is -4.28. The molecule has 0 fully saturated rings. The van der Waals surface area contributed by atoms with Crippen LogP contribution in [0.2, 0.25) is 0 Å². The van der Waals surface area contributed by atoms with Gasteiger partial charge in [0.05, 0.1) is 5.56 Å². The second-order valence-electron chi connectivity index (χ2n) is 2.57. The standard InChI is InChI=1S/C8H8F3N/c1-5-4-6(12)2-3-7(5)8(9,10)11/h2-4H,12H2,1H3. The predicted octanol–water partition coefficient (Wildman–Crippen LogP) is 2.60. The van der Waals surface area contributed by atoms with Crippen molar-refractivity contribution in [3.8, 4) is 0 Å². The van der Waals surface area contributed by atoms with Gasteiger partial charge in [-0.1, -0.05) is 0 Å². The predicted molar refractivity (Wildman–Crippen MR) is 40.6 cm³/mol. The zero-order valence-electron chi connectivity index (χ0n) is 6.44. The molecule has 0 unspecified atom stereocenters. The Morgan fingerprint density at radius 2 is 1.83 bits per heavy atom. The molecule has 12 heavy (non-hydrogen) atoms. The molecule has 1 aromatic rings. The third kappa shape index (κ3) is 1.69. The molecule has 1 nitrogen and oxygen atoms in total. The van der Waals surface area contributed by atoms with Gasteiger partial charge >= 0.3 is 6.18 Å². The van der Waals surface area contributed by atoms with Gasteiger partial charge in [-0.2, -0.15) is 13.2 Å². The molecular formula is C8H8F3N. The van der Waals surface area contributed by atoms with Crippen LogP contribution in [0, 0.1) is 6.92 Å². The topological polar surface area (TPSA) is 26.0 Å². The molecule has 0 heterocycles. The molecule has 0 atom stereocenters. The Balaban J connectivity index is 3.19. The highest BCUT2D eigenvalue weighted by Gasteiger charge is 2.31. The van der Waals surface area contributed by atoms with Crippen molar-refractivity contribution in [2.75, 3.05) is 5.73 Å². The highest BCUT2D eigenvalue weighted by molar-refractivity contribution is 5.45. The van der Waals surface area contributed by atoms with Gasteiger partial charge in [0.15, 0.2) is 0 Å². The Bertz CT molecular complexity index is 291. The van der Waals surface area contributed by atoms with Crippen LogP contribution in [0.3, 0.4) is 0 Å². The molecule has 0 amide bonds. The first-order valence-corrected chi connectivity index (χ1v) is 3.34. The van der Waals surface area contributed by atoms with E-state index in [9.17, 15) is 13.2 Å². The smallest absolute Gasteiger partial charge is 0.399 e. The summed E-state index contributed by atoms with van der Waals surface area (Å²) in [6.45, 7) is 1.39. The van der Waals surface area contributed by atoms with Crippen LogP contribution in [0.25, 0.3) is 0 Å². The second kappa shape index (κ2) is 2.69. The Labute approximate surface area is 68.0 Å². The van der Waals surface area contributed by atoms with Crippen LogP contribution >= 0.6 is 0 Å². The molecule has 0 aliphatic carbocycles. The number of rotatable bonds is 0. The third-order valence-electron chi connectivity index (χ3n) is 1.56. The van der Waals surface area contributed by atoms with Crippen molar-refractivity contribution < 1.29 is 13.2 Å². The lowest BCUT2D eigenvalue weighted by Crippen LogP contribution is -2.07. The molecule has 0 bridgehead atoms. The van der Waals surface area contributed by atoms with E-state index in [0.29, 0.717) is 5.69 Å². The lowest BCUT2D eigenvalue weighted by molar-refractivity contribution is -0.138. The monoisotopic (exact) mass is 175 g/mol. The Morgan fingerprint density at radius 1 is 1.25 bits per heavy atom. The number of anilines is 1. The number of halogens is 3. The van der Waals surface area contributed by atoms with Crippen LogP contribution in [0.5, 0.6) is 0 Å². The minimum Gasteiger partial charge on any atom is -0.399 e. The number of hydrogen-bond acceptors (Lipinski definition) is 1. The molecule has 0 radical (unpaired) electrons. The maximum Gasteiger partial charge on any atom is 0.416 e. The molecule has 2 N–H and O–H groups in total. The molecule has 0 saturated carbocycles. The fourth-order valence-electron chi connectivity index (χ4n) is 1.00. The van der Waals surface area contributed by atoms with E-state index >= 15 is 0 Å². The summed E-state index contributed by atoms with van der Waals surface area (Å²) in [6.07, 6.45) is -4.28. The maximum atomic E-state index is 12.1. The van der Waals surface area contributed by atoms with Gasteiger partial charge in [0.1, 0.15) is 0 Å². The summed E-state index contributed by atoms with van der Waals surface area (Å²) in [5.74, 6) is 0. The number of aryl methyl sites for hydroxylation is 1. The van der Waals surface area contributed by atoms with E-state index in [1.54, 1.807) is 0 Å². The first-order chi connectivity index (χ1) is 5.41. The third-order valence-corrected chi connectivity index (χ3v) is 1.56. The quantitative estimate of drug-likeness (QED) is 0.602. The lowest BCUT2D eigenvalue weighted by atomic mass is 10.1. The van der Waals surface area contributed by atoms with Gasteiger partial charge in [-0.3, -0.25) is 0 Å². The SMILES string of the molecule is Cc1cc(N)ccc1C(F)(F)F. The fourth-order valence-corrected chi connectivity index (χ4v) is 1.00. The molecule has 1 aromatic carbocycles. The number of benzene rings is 1. The zero-order chi connectivity index (χ0) is 9.35. The van der Waals surface area contributed by atoms with Crippen molar-refractivity contribution in [1.82, 2.24) is 0 Å². The summed E-state index contributed by atoms with van der Waals surface area (Å²) in [4.78, 5) is 0. The van der Waals surface area contributed by atoms with Crippen molar-refractivity contribution in [2.45, 2.75) is 13.1 Å². The maximum absolute atomic E-state index is 12.1. The van der Waals surface area contributed by atoms with Gasteiger partial charge in [0.25, 0.3) is 0 Å². The van der Waals surface area contributed by atoms with Crippen LogP contribution in [0.15, 0.2) is 18.2 Å². The van der Waals surface area contributed by atoms with Gasteiger partial charge < -0.3 is 5.73 Å². The number of nitrogen functional groups attached to an aromatic ring is 1. The van der Waals surface area contributed by atoms with E-state index in [1.165, 1.54) is 19.1 Å². The van der Waals surface area contributed by atoms with Crippen LogP contribution in [0.4, 0.5) is 18.9 Å². The van der Waals surface area contributed by atoms with Crippen LogP contribution < -0.4 is 5.73 Å². The Morgan fingerprint density at radius 3 is 2.25 bits per heavy atom. The van der Waals surface area contributed by atoms with Crippen molar-refractivity contribution >= 4 is 5.69 Å².